The number of aryl methyl sites for hydroxylation is 1. The van der Waals surface area contributed by atoms with Crippen molar-refractivity contribution in [3.05, 3.63) is 67.4 Å². The Labute approximate surface area is 134 Å². The molecule has 0 aliphatic rings. The third kappa shape index (κ3) is 3.25. The molecule has 0 heterocycles. The van der Waals surface area contributed by atoms with Crippen molar-refractivity contribution >= 4 is 50.7 Å². The fourth-order valence-electron chi connectivity index (χ4n) is 1.74. The van der Waals surface area contributed by atoms with E-state index in [4.69, 9.17) is 34.8 Å². The molecular weight excluding hydrogens is 373 g/mol. The van der Waals surface area contributed by atoms with E-state index in [2.05, 4.69) is 15.9 Å². The minimum atomic E-state index is -0.610. The monoisotopic (exact) mass is 380 g/mol. The third-order valence-electron chi connectivity index (χ3n) is 2.79. The van der Waals surface area contributed by atoms with Gasteiger partial charge in [0.15, 0.2) is 0 Å². The quantitative estimate of drug-likeness (QED) is 0.409. The summed E-state index contributed by atoms with van der Waals surface area (Å²) in [7, 11) is 0. The largest absolute Gasteiger partial charge is 0.207 e. The maximum absolute atomic E-state index is 13.9. The van der Waals surface area contributed by atoms with Gasteiger partial charge in [0.05, 0.1) is 10.4 Å². The molecule has 2 aromatic rings. The van der Waals surface area contributed by atoms with Crippen molar-refractivity contribution < 1.29 is 4.39 Å². The van der Waals surface area contributed by atoms with Gasteiger partial charge in [-0.25, -0.2) is 4.39 Å². The van der Waals surface area contributed by atoms with Crippen molar-refractivity contribution in [2.45, 2.75) is 12.3 Å². The number of hydrogen-bond donors (Lipinski definition) is 0. The van der Waals surface area contributed by atoms with Gasteiger partial charge < -0.3 is 0 Å². The molecule has 100 valence electrons. The predicted molar refractivity (Wildman–Crippen MR) is 83.0 cm³/mol. The summed E-state index contributed by atoms with van der Waals surface area (Å²) in [5.41, 5.74) is 2.02. The lowest BCUT2D eigenvalue weighted by molar-refractivity contribution is 0.611. The first-order valence-electron chi connectivity index (χ1n) is 5.44. The highest BCUT2D eigenvalue weighted by Crippen LogP contribution is 2.36. The van der Waals surface area contributed by atoms with Crippen LogP contribution in [-0.4, -0.2) is 0 Å². The number of rotatable bonds is 2. The van der Waals surface area contributed by atoms with Gasteiger partial charge in [0, 0.05) is 15.1 Å². The van der Waals surface area contributed by atoms with Crippen LogP contribution in [0.2, 0.25) is 10.0 Å². The van der Waals surface area contributed by atoms with Crippen molar-refractivity contribution in [2.24, 2.45) is 0 Å². The average Bonchev–Trinajstić information content (AvgIpc) is 2.36. The molecule has 1 atom stereocenters. The molecule has 5 heteroatoms. The Kier molecular flexibility index (Phi) is 4.78. The molecule has 0 aromatic heterocycles. The Morgan fingerprint density at radius 3 is 2.42 bits per heavy atom. The zero-order valence-electron chi connectivity index (χ0n) is 9.85. The van der Waals surface area contributed by atoms with E-state index in [9.17, 15) is 4.39 Å². The number of hydrogen-bond acceptors (Lipinski definition) is 0. The van der Waals surface area contributed by atoms with Crippen LogP contribution in [0, 0.1) is 12.7 Å². The molecule has 19 heavy (non-hydrogen) atoms. The molecule has 0 spiro atoms. The van der Waals surface area contributed by atoms with Crippen molar-refractivity contribution in [1.29, 1.82) is 0 Å². The maximum Gasteiger partial charge on any atom is 0.129 e. The molecule has 2 rings (SSSR count). The summed E-state index contributed by atoms with van der Waals surface area (Å²) in [6.07, 6.45) is 0. The fourth-order valence-corrected chi connectivity index (χ4v) is 2.65. The molecule has 0 radical (unpaired) electrons. The van der Waals surface area contributed by atoms with Crippen LogP contribution in [0.25, 0.3) is 0 Å². The summed E-state index contributed by atoms with van der Waals surface area (Å²) < 4.78 is 14.5. The zero-order valence-corrected chi connectivity index (χ0v) is 13.7. The second kappa shape index (κ2) is 6.01. The summed E-state index contributed by atoms with van der Waals surface area (Å²) >= 11 is 21.4. The Bertz CT molecular complexity index is 628. The summed E-state index contributed by atoms with van der Waals surface area (Å²) in [5, 5.41) is 0.469. The van der Waals surface area contributed by atoms with Gasteiger partial charge in [0.25, 0.3) is 0 Å². The Morgan fingerprint density at radius 1 is 1.11 bits per heavy atom. The molecule has 0 aliphatic carbocycles. The summed E-state index contributed by atoms with van der Waals surface area (Å²) in [4.78, 5) is 0. The third-order valence-corrected chi connectivity index (χ3v) is 4.90. The fraction of sp³-hybridized carbons (Fsp3) is 0.143. The van der Waals surface area contributed by atoms with Crippen LogP contribution >= 0.6 is 50.7 Å². The number of benzene rings is 2. The second-order valence-corrected chi connectivity index (χ2v) is 6.26. The molecule has 0 nitrogen and oxygen atoms in total. The first kappa shape index (κ1) is 15.1. The minimum Gasteiger partial charge on any atom is -0.207 e. The lowest BCUT2D eigenvalue weighted by Crippen LogP contribution is -1.98. The Hall–Kier alpha value is -0.280. The van der Waals surface area contributed by atoms with Crippen molar-refractivity contribution in [3.8, 4) is 0 Å². The highest BCUT2D eigenvalue weighted by atomic mass is 79.9. The number of halogens is 5. The van der Waals surface area contributed by atoms with Gasteiger partial charge in [-0.2, -0.15) is 0 Å². The smallest absolute Gasteiger partial charge is 0.129 e. The predicted octanol–water partition coefficient (Wildman–Crippen LogP) is 6.53. The lowest BCUT2D eigenvalue weighted by atomic mass is 10.0. The summed E-state index contributed by atoms with van der Waals surface area (Å²) in [6.45, 7) is 1.88. The standard InChI is InChI=1S/C14H9BrCl3F/c1-7-4-8(2-3-11(7)16)14(18)9-5-12(17)10(15)6-13(9)19/h2-6,14H,1H3. The first-order chi connectivity index (χ1) is 8.90. The van der Waals surface area contributed by atoms with Crippen molar-refractivity contribution in [2.75, 3.05) is 0 Å². The van der Waals surface area contributed by atoms with Crippen LogP contribution in [0.15, 0.2) is 34.8 Å². The van der Waals surface area contributed by atoms with Crippen LogP contribution in [0.3, 0.4) is 0 Å². The van der Waals surface area contributed by atoms with Crippen LogP contribution in [0.5, 0.6) is 0 Å². The molecule has 0 saturated carbocycles. The van der Waals surface area contributed by atoms with E-state index < -0.39 is 11.2 Å². The van der Waals surface area contributed by atoms with Gasteiger partial charge in [-0.15, -0.1) is 11.6 Å². The van der Waals surface area contributed by atoms with Crippen LogP contribution < -0.4 is 0 Å². The SMILES string of the molecule is Cc1cc(C(Cl)c2cc(Cl)c(Br)cc2F)ccc1Cl. The van der Waals surface area contributed by atoms with Gasteiger partial charge in [0.1, 0.15) is 5.82 Å². The highest BCUT2D eigenvalue weighted by Gasteiger charge is 2.17. The first-order valence-corrected chi connectivity index (χ1v) is 7.43. The van der Waals surface area contributed by atoms with E-state index in [1.807, 2.05) is 13.0 Å². The molecule has 0 bridgehead atoms. The van der Waals surface area contributed by atoms with E-state index in [1.54, 1.807) is 12.1 Å². The van der Waals surface area contributed by atoms with E-state index in [1.165, 1.54) is 12.1 Å². The van der Waals surface area contributed by atoms with Crippen molar-refractivity contribution in [1.82, 2.24) is 0 Å². The van der Waals surface area contributed by atoms with Crippen LogP contribution in [0.1, 0.15) is 22.1 Å². The number of alkyl halides is 1. The van der Waals surface area contributed by atoms with E-state index in [-0.39, 0.29) is 0 Å². The van der Waals surface area contributed by atoms with Gasteiger partial charge in [0.2, 0.25) is 0 Å². The minimum absolute atomic E-state index is 0.344. The van der Waals surface area contributed by atoms with Gasteiger partial charge >= 0.3 is 0 Å². The summed E-state index contributed by atoms with van der Waals surface area (Å²) in [5.74, 6) is -0.399. The van der Waals surface area contributed by atoms with Gasteiger partial charge in [-0.3, -0.25) is 0 Å². The van der Waals surface area contributed by atoms with Gasteiger partial charge in [-0.05, 0) is 52.2 Å². The molecule has 0 fully saturated rings. The zero-order chi connectivity index (χ0) is 14.2. The molecule has 0 N–H and O–H groups in total. The molecular formula is C14H9BrCl3F. The second-order valence-electron chi connectivity index (χ2n) is 4.16. The van der Waals surface area contributed by atoms with E-state index in [0.29, 0.717) is 20.1 Å². The van der Waals surface area contributed by atoms with Crippen LogP contribution in [-0.2, 0) is 0 Å². The van der Waals surface area contributed by atoms with E-state index >= 15 is 0 Å². The molecule has 0 amide bonds. The Morgan fingerprint density at radius 2 is 1.79 bits per heavy atom. The van der Waals surface area contributed by atoms with Crippen molar-refractivity contribution in [3.63, 3.8) is 0 Å². The van der Waals surface area contributed by atoms with E-state index in [0.717, 1.165) is 11.1 Å². The van der Waals surface area contributed by atoms with Crippen LogP contribution in [0.4, 0.5) is 4.39 Å². The summed E-state index contributed by atoms with van der Waals surface area (Å²) in [6, 6.07) is 8.22. The topological polar surface area (TPSA) is 0 Å². The van der Waals surface area contributed by atoms with Gasteiger partial charge in [-0.1, -0.05) is 35.3 Å². The average molecular weight is 382 g/mol. The molecule has 1 unspecified atom stereocenters. The lowest BCUT2D eigenvalue weighted by Gasteiger charge is -2.13. The highest BCUT2D eigenvalue weighted by molar-refractivity contribution is 9.10. The molecule has 0 aliphatic heterocycles. The maximum atomic E-state index is 13.9. The molecule has 0 saturated heterocycles. The normalized spacial score (nSPS) is 12.5. The Balaban J connectivity index is 2.46. The molecule has 2 aromatic carbocycles.